The summed E-state index contributed by atoms with van der Waals surface area (Å²) in [5, 5.41) is 12.2. The van der Waals surface area contributed by atoms with Crippen LogP contribution in [0.15, 0.2) is 85.2 Å². The molecular weight excluding hydrogens is 884 g/mol. The van der Waals surface area contributed by atoms with Gasteiger partial charge in [-0.2, -0.15) is 0 Å². The number of methoxy groups -OCH3 is 1. The van der Waals surface area contributed by atoms with Gasteiger partial charge in [0.1, 0.15) is 40.3 Å². The molecule has 0 radical (unpaired) electrons. The van der Waals surface area contributed by atoms with Crippen LogP contribution in [0.5, 0.6) is 17.2 Å². The molecule has 10 rings (SSSR count). The monoisotopic (exact) mass is 938 g/mol. The Kier molecular flexibility index (Phi) is 12.8. The molecule has 0 bridgehead atoms. The summed E-state index contributed by atoms with van der Waals surface area (Å²) in [6, 6.07) is 19.6. The van der Waals surface area contributed by atoms with Crippen molar-refractivity contribution in [1.29, 1.82) is 0 Å². The zero-order valence-corrected chi connectivity index (χ0v) is 38.5. The van der Waals surface area contributed by atoms with Gasteiger partial charge in [0.05, 0.1) is 23.9 Å². The number of nitrogens with one attached hydrogen (secondary N) is 4. The molecule has 1 aliphatic carbocycles. The van der Waals surface area contributed by atoms with E-state index in [0.29, 0.717) is 66.0 Å². The topological polar surface area (TPSA) is 191 Å². The third kappa shape index (κ3) is 9.90. The van der Waals surface area contributed by atoms with Gasteiger partial charge in [-0.05, 0) is 116 Å². The maximum absolute atomic E-state index is 13.3. The lowest BCUT2D eigenvalue weighted by Crippen LogP contribution is -2.52. The van der Waals surface area contributed by atoms with E-state index in [9.17, 15) is 28.4 Å². The molecule has 0 spiro atoms. The van der Waals surface area contributed by atoms with Crippen molar-refractivity contribution in [2.24, 2.45) is 11.3 Å². The molecule has 3 saturated heterocycles. The number of aromatic nitrogens is 2. The van der Waals surface area contributed by atoms with Crippen LogP contribution in [0.3, 0.4) is 0 Å². The smallest absolute Gasteiger partial charge is 0.256 e. The number of piperazine rings is 1. The fourth-order valence-electron chi connectivity index (χ4n) is 9.90. The molecule has 4 aliphatic heterocycles. The van der Waals surface area contributed by atoms with Crippen LogP contribution in [0, 0.1) is 17.2 Å². The number of piperidine rings is 2. The standard InChI is InChI=1S/C51H55FN10O7/c1-68-44-27-38-40(53-17-12-43(38)69-37-8-6-36(7-9-37)57-50(67)51(15-16-51)49(66)56-35-4-2-34(52)3-5-35)28-42(44)61-19-13-32(14-20-61)30-60-24-22-59(23-25-60)21-18-54-45-26-33-31-62(48(65)39(33)29-55-45)41-10-11-46(63)58-47(41)64/h2-9,12,17,26-29,32,41H,10-11,13-16,18-25,30-31H2,1H3,(H,54,55)(H,56,66)(H,57,67)(H,58,63,64). The normalized spacial score (nSPS) is 19.5. The predicted octanol–water partition coefficient (Wildman–Crippen LogP) is 5.63. The van der Waals surface area contributed by atoms with Crippen LogP contribution in [0.25, 0.3) is 10.9 Å². The SMILES string of the molecule is COc1cc2c(Oc3ccc(NC(=O)C4(C(=O)Nc5ccc(F)cc5)CC4)cc3)ccnc2cc1N1CCC(CN2CCN(CCNc3cc4c(cn3)C(=O)N(C3CCC(=O)NC3=O)C4)CC2)CC1. The Bertz CT molecular complexity index is 2770. The molecule has 17 nitrogen and oxygen atoms in total. The highest BCUT2D eigenvalue weighted by Crippen LogP contribution is 2.48. The zero-order valence-electron chi connectivity index (χ0n) is 38.5. The molecule has 4 fully saturated rings. The Morgan fingerprint density at radius 1 is 0.826 bits per heavy atom. The second-order valence-electron chi connectivity index (χ2n) is 18.6. The van der Waals surface area contributed by atoms with Crippen LogP contribution in [0.2, 0.25) is 0 Å². The minimum absolute atomic E-state index is 0.222. The number of pyridine rings is 2. The molecular formula is C51H55FN10O7. The van der Waals surface area contributed by atoms with Gasteiger partial charge in [-0.25, -0.2) is 9.37 Å². The summed E-state index contributed by atoms with van der Waals surface area (Å²) in [6.07, 6.45) is 6.88. The lowest BCUT2D eigenvalue weighted by Gasteiger charge is -2.39. The summed E-state index contributed by atoms with van der Waals surface area (Å²) in [5.74, 6) is 1.08. The highest BCUT2D eigenvalue weighted by molar-refractivity contribution is 6.17. The fourth-order valence-corrected chi connectivity index (χ4v) is 9.90. The van der Waals surface area contributed by atoms with Crippen molar-refractivity contribution in [3.05, 3.63) is 102 Å². The Morgan fingerprint density at radius 2 is 1.52 bits per heavy atom. The van der Waals surface area contributed by atoms with Crippen molar-refractivity contribution >= 4 is 63.3 Å². The summed E-state index contributed by atoms with van der Waals surface area (Å²) in [4.78, 5) is 81.5. The number of hydrogen-bond donors (Lipinski definition) is 4. The molecule has 18 heteroatoms. The molecule has 5 aliphatic rings. The van der Waals surface area contributed by atoms with Gasteiger partial charge in [0, 0.05) is 101 Å². The minimum Gasteiger partial charge on any atom is -0.495 e. The molecule has 4 N–H and O–H groups in total. The average molecular weight is 939 g/mol. The molecule has 5 aromatic rings. The number of nitrogens with zero attached hydrogens (tertiary/aromatic N) is 6. The number of hydrogen-bond acceptors (Lipinski definition) is 13. The third-order valence-electron chi connectivity index (χ3n) is 14.1. The first-order valence-electron chi connectivity index (χ1n) is 23.7. The molecule has 6 heterocycles. The molecule has 3 aromatic carbocycles. The minimum atomic E-state index is -1.17. The van der Waals surface area contributed by atoms with Crippen LogP contribution in [0.1, 0.15) is 54.4 Å². The number of ether oxygens (including phenoxy) is 2. The molecule has 5 amide bonds. The maximum atomic E-state index is 13.3. The van der Waals surface area contributed by atoms with Crippen LogP contribution >= 0.6 is 0 Å². The van der Waals surface area contributed by atoms with E-state index in [1.165, 1.54) is 24.3 Å². The Labute approximate surface area is 398 Å². The van der Waals surface area contributed by atoms with Crippen LogP contribution < -0.4 is 35.6 Å². The Morgan fingerprint density at radius 3 is 2.20 bits per heavy atom. The molecule has 69 heavy (non-hydrogen) atoms. The number of carbonyl (C=O) groups is 5. The number of benzene rings is 3. The maximum Gasteiger partial charge on any atom is 0.256 e. The largest absolute Gasteiger partial charge is 0.495 e. The van der Waals surface area contributed by atoms with E-state index in [-0.39, 0.29) is 18.2 Å². The van der Waals surface area contributed by atoms with E-state index in [4.69, 9.17) is 14.5 Å². The Balaban J connectivity index is 0.669. The number of rotatable bonds is 15. The summed E-state index contributed by atoms with van der Waals surface area (Å²) in [7, 11) is 1.68. The van der Waals surface area contributed by atoms with Gasteiger partial charge >= 0.3 is 0 Å². The van der Waals surface area contributed by atoms with Crippen molar-refractivity contribution in [3.63, 3.8) is 0 Å². The van der Waals surface area contributed by atoms with Crippen LogP contribution in [-0.4, -0.2) is 126 Å². The van der Waals surface area contributed by atoms with Gasteiger partial charge in [0.25, 0.3) is 5.91 Å². The van der Waals surface area contributed by atoms with Gasteiger partial charge in [-0.3, -0.25) is 39.2 Å². The highest BCUT2D eigenvalue weighted by atomic mass is 19.1. The average Bonchev–Trinajstić information content (AvgIpc) is 4.12. The van der Waals surface area contributed by atoms with Crippen molar-refractivity contribution in [3.8, 4) is 17.2 Å². The quantitative estimate of drug-likeness (QED) is 0.0747. The number of fused-ring (bicyclic) bond motifs is 2. The highest BCUT2D eigenvalue weighted by Gasteiger charge is 2.56. The number of imide groups is 1. The zero-order chi connectivity index (χ0) is 47.6. The number of anilines is 4. The van der Waals surface area contributed by atoms with Gasteiger partial charge < -0.3 is 40.1 Å². The second-order valence-corrected chi connectivity index (χ2v) is 18.6. The first kappa shape index (κ1) is 45.6. The van der Waals surface area contributed by atoms with Crippen LogP contribution in [0.4, 0.5) is 27.3 Å². The second kappa shape index (κ2) is 19.4. The lowest BCUT2D eigenvalue weighted by molar-refractivity contribution is -0.137. The van der Waals surface area contributed by atoms with Crippen molar-refractivity contribution < 1.29 is 37.8 Å². The third-order valence-corrected chi connectivity index (χ3v) is 14.1. The van der Waals surface area contributed by atoms with E-state index in [2.05, 4.69) is 47.0 Å². The fraction of sp³-hybridized carbons (Fsp3) is 0.392. The van der Waals surface area contributed by atoms with E-state index < -0.39 is 35.0 Å². The number of halogens is 1. The van der Waals surface area contributed by atoms with Crippen molar-refractivity contribution in [1.82, 2.24) is 30.0 Å². The van der Waals surface area contributed by atoms with Gasteiger partial charge in [-0.15, -0.1) is 0 Å². The summed E-state index contributed by atoms with van der Waals surface area (Å²) in [6.45, 7) is 8.86. The van der Waals surface area contributed by atoms with E-state index >= 15 is 0 Å². The van der Waals surface area contributed by atoms with Crippen LogP contribution in [-0.2, 0) is 25.7 Å². The van der Waals surface area contributed by atoms with Gasteiger partial charge in [0.2, 0.25) is 23.6 Å². The number of carbonyl (C=O) groups excluding carboxylic acids is 5. The molecule has 1 unspecified atom stereocenters. The Hall–Kier alpha value is -7.18. The number of amides is 5. The first-order chi connectivity index (χ1) is 33.5. The summed E-state index contributed by atoms with van der Waals surface area (Å²) >= 11 is 0. The summed E-state index contributed by atoms with van der Waals surface area (Å²) in [5.41, 5.74) is 2.93. The van der Waals surface area contributed by atoms with Gasteiger partial charge in [-0.1, -0.05) is 0 Å². The van der Waals surface area contributed by atoms with Crippen molar-refractivity contribution in [2.75, 3.05) is 86.9 Å². The molecule has 358 valence electrons. The van der Waals surface area contributed by atoms with Gasteiger partial charge in [0.15, 0.2) is 0 Å². The van der Waals surface area contributed by atoms with Crippen molar-refractivity contribution in [2.45, 2.75) is 51.1 Å². The predicted molar refractivity (Wildman–Crippen MR) is 257 cm³/mol. The molecule has 1 atom stereocenters. The lowest BCUT2D eigenvalue weighted by atomic mass is 9.95. The van der Waals surface area contributed by atoms with E-state index in [1.807, 2.05) is 18.2 Å². The molecule has 2 aromatic heterocycles. The summed E-state index contributed by atoms with van der Waals surface area (Å²) < 4.78 is 25.6. The van der Waals surface area contributed by atoms with E-state index in [0.717, 1.165) is 99.6 Å². The first-order valence-corrected chi connectivity index (χ1v) is 23.7. The molecule has 1 saturated carbocycles. The van der Waals surface area contributed by atoms with E-state index in [1.54, 1.807) is 48.7 Å².